The zero-order valence-electron chi connectivity index (χ0n) is 9.95. The molecule has 0 heterocycles. The van der Waals surface area contributed by atoms with E-state index in [2.05, 4.69) is 5.32 Å². The van der Waals surface area contributed by atoms with Crippen molar-refractivity contribution in [2.75, 3.05) is 6.54 Å². The number of aliphatic carboxylic acids is 1. The fraction of sp³-hybridized carbons (Fsp3) is 0.923. The van der Waals surface area contributed by atoms with E-state index in [0.29, 0.717) is 5.92 Å². The Kier molecular flexibility index (Phi) is 4.22. The van der Waals surface area contributed by atoms with Gasteiger partial charge >= 0.3 is 5.97 Å². The molecule has 0 aliphatic heterocycles. The second kappa shape index (κ2) is 5.67. The minimum atomic E-state index is -0.646. The van der Waals surface area contributed by atoms with Crippen molar-refractivity contribution in [1.29, 1.82) is 0 Å². The lowest BCUT2D eigenvalue weighted by Crippen LogP contribution is -2.43. The van der Waals surface area contributed by atoms with Gasteiger partial charge in [0.1, 0.15) is 6.04 Å². The van der Waals surface area contributed by atoms with Crippen LogP contribution in [0.2, 0.25) is 0 Å². The van der Waals surface area contributed by atoms with E-state index in [1.165, 1.54) is 38.5 Å². The number of hydrogen-bond donors (Lipinski definition) is 2. The number of rotatable bonds is 5. The molecule has 0 saturated heterocycles. The topological polar surface area (TPSA) is 49.3 Å². The summed E-state index contributed by atoms with van der Waals surface area (Å²) in [5.41, 5.74) is 0. The van der Waals surface area contributed by atoms with Gasteiger partial charge in [-0.05, 0) is 44.1 Å². The summed E-state index contributed by atoms with van der Waals surface area (Å²) in [6, 6.07) is -0.293. The number of carboxylic acids is 1. The van der Waals surface area contributed by atoms with Gasteiger partial charge in [-0.1, -0.05) is 25.7 Å². The van der Waals surface area contributed by atoms with Crippen LogP contribution in [0.4, 0.5) is 0 Å². The van der Waals surface area contributed by atoms with Gasteiger partial charge in [-0.2, -0.15) is 0 Å². The van der Waals surface area contributed by atoms with Crippen molar-refractivity contribution in [1.82, 2.24) is 5.32 Å². The van der Waals surface area contributed by atoms with Gasteiger partial charge in [0.2, 0.25) is 0 Å². The third-order valence-electron chi connectivity index (χ3n) is 3.96. The average Bonchev–Trinajstić information content (AvgIpc) is 3.03. The normalized spacial score (nSPS) is 25.0. The lowest BCUT2D eigenvalue weighted by molar-refractivity contribution is -0.141. The molecule has 92 valence electrons. The summed E-state index contributed by atoms with van der Waals surface area (Å²) in [5, 5.41) is 12.6. The zero-order chi connectivity index (χ0) is 11.4. The number of carboxylic acid groups (broad SMARTS) is 1. The Morgan fingerprint density at radius 3 is 2.25 bits per heavy atom. The Morgan fingerprint density at radius 1 is 1.12 bits per heavy atom. The predicted octanol–water partition coefficient (Wildman–Crippen LogP) is 2.41. The van der Waals surface area contributed by atoms with E-state index in [9.17, 15) is 9.90 Å². The van der Waals surface area contributed by atoms with E-state index < -0.39 is 5.97 Å². The number of nitrogens with one attached hydrogen (secondary N) is 1. The van der Waals surface area contributed by atoms with Crippen LogP contribution in [0.25, 0.3) is 0 Å². The van der Waals surface area contributed by atoms with Gasteiger partial charge in [0, 0.05) is 0 Å². The molecule has 0 radical (unpaired) electrons. The number of carbonyl (C=O) groups is 1. The van der Waals surface area contributed by atoms with Crippen LogP contribution < -0.4 is 5.32 Å². The molecule has 3 nitrogen and oxygen atoms in total. The van der Waals surface area contributed by atoms with Crippen LogP contribution in [0.1, 0.15) is 51.4 Å². The van der Waals surface area contributed by atoms with Crippen molar-refractivity contribution in [2.24, 2.45) is 11.8 Å². The molecule has 3 heteroatoms. The molecule has 2 fully saturated rings. The van der Waals surface area contributed by atoms with Gasteiger partial charge in [0.25, 0.3) is 0 Å². The molecular weight excluding hydrogens is 202 g/mol. The van der Waals surface area contributed by atoms with Gasteiger partial charge < -0.3 is 10.4 Å². The first kappa shape index (κ1) is 11.9. The Balaban J connectivity index is 1.84. The van der Waals surface area contributed by atoms with Gasteiger partial charge in [-0.25, -0.2) is 0 Å². The van der Waals surface area contributed by atoms with Gasteiger partial charge in [-0.3, -0.25) is 4.79 Å². The highest BCUT2D eigenvalue weighted by atomic mass is 16.4. The maximum atomic E-state index is 11.3. The maximum Gasteiger partial charge on any atom is 0.320 e. The van der Waals surface area contributed by atoms with Crippen molar-refractivity contribution >= 4 is 5.97 Å². The molecule has 0 spiro atoms. The van der Waals surface area contributed by atoms with Gasteiger partial charge in [0.05, 0.1) is 0 Å². The Morgan fingerprint density at radius 2 is 1.75 bits per heavy atom. The van der Waals surface area contributed by atoms with Crippen LogP contribution in [0, 0.1) is 11.8 Å². The maximum absolute atomic E-state index is 11.3. The Hall–Kier alpha value is -0.570. The van der Waals surface area contributed by atoms with Crippen LogP contribution in [0.3, 0.4) is 0 Å². The molecule has 2 aliphatic carbocycles. The van der Waals surface area contributed by atoms with Gasteiger partial charge in [0.15, 0.2) is 0 Å². The molecule has 0 aromatic heterocycles. The fourth-order valence-electron chi connectivity index (χ4n) is 2.72. The van der Waals surface area contributed by atoms with E-state index in [1.807, 2.05) is 0 Å². The molecule has 0 amide bonds. The predicted molar refractivity (Wildman–Crippen MR) is 63.3 cm³/mol. The summed E-state index contributed by atoms with van der Waals surface area (Å²) in [5.74, 6) is 0.471. The Labute approximate surface area is 97.6 Å². The van der Waals surface area contributed by atoms with E-state index in [-0.39, 0.29) is 6.04 Å². The van der Waals surface area contributed by atoms with Crippen molar-refractivity contribution in [2.45, 2.75) is 57.4 Å². The van der Waals surface area contributed by atoms with Crippen LogP contribution in [-0.4, -0.2) is 23.7 Å². The van der Waals surface area contributed by atoms with E-state index in [1.54, 1.807) is 0 Å². The molecule has 16 heavy (non-hydrogen) atoms. The average molecular weight is 225 g/mol. The lowest BCUT2D eigenvalue weighted by atomic mass is 9.92. The Bertz CT molecular complexity index is 230. The highest BCUT2D eigenvalue weighted by Crippen LogP contribution is 2.29. The van der Waals surface area contributed by atoms with Crippen molar-refractivity contribution in [3.63, 3.8) is 0 Å². The van der Waals surface area contributed by atoms with Crippen molar-refractivity contribution < 1.29 is 9.90 Å². The van der Waals surface area contributed by atoms with Crippen LogP contribution in [0.15, 0.2) is 0 Å². The third kappa shape index (κ3) is 3.48. The molecule has 2 aliphatic rings. The van der Waals surface area contributed by atoms with Crippen molar-refractivity contribution in [3.8, 4) is 0 Å². The molecule has 1 atom stereocenters. The first-order valence-corrected chi connectivity index (χ1v) is 6.73. The van der Waals surface area contributed by atoms with Crippen LogP contribution >= 0.6 is 0 Å². The molecule has 1 unspecified atom stereocenters. The summed E-state index contributed by atoms with van der Waals surface area (Å²) in [4.78, 5) is 11.3. The van der Waals surface area contributed by atoms with E-state index >= 15 is 0 Å². The summed E-state index contributed by atoms with van der Waals surface area (Å²) in [6.45, 7) is 0.910. The highest BCUT2D eigenvalue weighted by molar-refractivity contribution is 5.73. The second-order valence-corrected chi connectivity index (χ2v) is 5.42. The van der Waals surface area contributed by atoms with E-state index in [4.69, 9.17) is 0 Å². The lowest BCUT2D eigenvalue weighted by Gasteiger charge is -2.23. The monoisotopic (exact) mass is 225 g/mol. The molecule has 2 rings (SSSR count). The summed E-state index contributed by atoms with van der Waals surface area (Å²) in [7, 11) is 0. The quantitative estimate of drug-likeness (QED) is 0.706. The number of hydrogen-bond acceptors (Lipinski definition) is 2. The first-order valence-electron chi connectivity index (χ1n) is 6.73. The smallest absolute Gasteiger partial charge is 0.320 e. The molecule has 0 aromatic rings. The summed E-state index contributed by atoms with van der Waals surface area (Å²) < 4.78 is 0. The summed E-state index contributed by atoms with van der Waals surface area (Å²) in [6.07, 6.45) is 9.73. The zero-order valence-corrected chi connectivity index (χ0v) is 9.95. The van der Waals surface area contributed by atoms with Crippen LogP contribution in [0.5, 0.6) is 0 Å². The standard InChI is InChI=1S/C13H23NO2/c15-13(16)12(14-9-10-7-8-10)11-5-3-1-2-4-6-11/h10-12,14H,1-9H2,(H,15,16). The fourth-order valence-corrected chi connectivity index (χ4v) is 2.72. The van der Waals surface area contributed by atoms with Gasteiger partial charge in [-0.15, -0.1) is 0 Å². The van der Waals surface area contributed by atoms with E-state index in [0.717, 1.165) is 25.3 Å². The van der Waals surface area contributed by atoms with Crippen molar-refractivity contribution in [3.05, 3.63) is 0 Å². The SMILES string of the molecule is O=C(O)C(NCC1CC1)C1CCCCCC1. The second-order valence-electron chi connectivity index (χ2n) is 5.42. The molecule has 0 aromatic carbocycles. The largest absolute Gasteiger partial charge is 0.480 e. The molecule has 0 bridgehead atoms. The summed E-state index contributed by atoms with van der Waals surface area (Å²) >= 11 is 0. The molecule has 2 saturated carbocycles. The highest BCUT2D eigenvalue weighted by Gasteiger charge is 2.30. The molecule has 2 N–H and O–H groups in total. The minimum Gasteiger partial charge on any atom is -0.480 e. The minimum absolute atomic E-state index is 0.293. The van der Waals surface area contributed by atoms with Crippen LogP contribution in [-0.2, 0) is 4.79 Å². The third-order valence-corrected chi connectivity index (χ3v) is 3.96. The first-order chi connectivity index (χ1) is 7.77. The molecular formula is C13H23NO2.